The maximum atomic E-state index is 13.8. The SMILES string of the molecule is CCOc1ccc(C2C(=C(O)c3ccc(C)cc3)C(=O)C(=O)N2c2nc3ccc(F)cc3s2)cc1OC. The molecule has 1 unspecified atom stereocenters. The summed E-state index contributed by atoms with van der Waals surface area (Å²) in [7, 11) is 1.49. The average molecular weight is 519 g/mol. The van der Waals surface area contributed by atoms with Crippen LogP contribution in [0.5, 0.6) is 11.5 Å². The van der Waals surface area contributed by atoms with Gasteiger partial charge in [-0.25, -0.2) is 9.37 Å². The van der Waals surface area contributed by atoms with Crippen LogP contribution < -0.4 is 14.4 Å². The number of Topliss-reactive ketones (excluding diaryl/α,β-unsaturated/α-hetero) is 1. The Morgan fingerprint density at radius 2 is 1.84 bits per heavy atom. The number of halogens is 1. The molecule has 1 aromatic heterocycles. The van der Waals surface area contributed by atoms with E-state index in [0.717, 1.165) is 16.9 Å². The van der Waals surface area contributed by atoms with E-state index in [1.807, 2.05) is 26.0 Å². The maximum absolute atomic E-state index is 13.8. The van der Waals surface area contributed by atoms with Crippen molar-refractivity contribution < 1.29 is 28.6 Å². The predicted molar refractivity (Wildman–Crippen MR) is 140 cm³/mol. The number of ketones is 1. The summed E-state index contributed by atoms with van der Waals surface area (Å²) in [6.07, 6.45) is 0. The number of aromatic nitrogens is 1. The van der Waals surface area contributed by atoms with Gasteiger partial charge < -0.3 is 14.6 Å². The normalized spacial score (nSPS) is 17.0. The van der Waals surface area contributed by atoms with E-state index in [1.165, 1.54) is 30.2 Å². The Bertz CT molecular complexity index is 1560. The first-order chi connectivity index (χ1) is 17.8. The van der Waals surface area contributed by atoms with Gasteiger partial charge >= 0.3 is 5.91 Å². The second-order valence-electron chi connectivity index (χ2n) is 8.49. The highest BCUT2D eigenvalue weighted by Gasteiger charge is 2.48. The van der Waals surface area contributed by atoms with Gasteiger partial charge in [-0.15, -0.1) is 0 Å². The van der Waals surface area contributed by atoms with Gasteiger partial charge in [0.05, 0.1) is 35.5 Å². The fraction of sp³-hybridized carbons (Fsp3) is 0.179. The van der Waals surface area contributed by atoms with Gasteiger partial charge in [0.25, 0.3) is 5.78 Å². The number of fused-ring (bicyclic) bond motifs is 1. The summed E-state index contributed by atoms with van der Waals surface area (Å²) < 4.78 is 25.5. The zero-order chi connectivity index (χ0) is 26.3. The molecule has 0 aliphatic carbocycles. The molecule has 7 nitrogen and oxygen atoms in total. The first kappa shape index (κ1) is 24.5. The average Bonchev–Trinajstić information content (AvgIpc) is 3.42. The smallest absolute Gasteiger partial charge is 0.301 e. The number of hydrogen-bond donors (Lipinski definition) is 1. The van der Waals surface area contributed by atoms with Gasteiger partial charge in [-0.05, 0) is 49.7 Å². The molecular weight excluding hydrogens is 495 g/mol. The Hall–Kier alpha value is -4.24. The number of rotatable bonds is 6. The number of anilines is 1. The molecule has 0 spiro atoms. The minimum atomic E-state index is -1.00. The van der Waals surface area contributed by atoms with Crippen molar-refractivity contribution in [2.45, 2.75) is 19.9 Å². The minimum absolute atomic E-state index is 0.0782. The largest absolute Gasteiger partial charge is 0.507 e. The number of thiazole rings is 1. The number of aryl methyl sites for hydroxylation is 1. The number of carbonyl (C=O) groups is 2. The number of ether oxygens (including phenoxy) is 2. The van der Waals surface area contributed by atoms with Crippen molar-refractivity contribution in [2.75, 3.05) is 18.6 Å². The third-order valence-corrected chi connectivity index (χ3v) is 7.14. The molecule has 0 bridgehead atoms. The Morgan fingerprint density at radius 3 is 2.54 bits per heavy atom. The van der Waals surface area contributed by atoms with Gasteiger partial charge in [-0.3, -0.25) is 14.5 Å². The molecule has 1 fully saturated rings. The third kappa shape index (κ3) is 4.31. The molecule has 1 aliphatic rings. The van der Waals surface area contributed by atoms with Crippen LogP contribution in [0.1, 0.15) is 29.7 Å². The van der Waals surface area contributed by atoms with Gasteiger partial charge in [-0.2, -0.15) is 0 Å². The number of nitrogens with zero attached hydrogens (tertiary/aromatic N) is 2. The molecule has 9 heteroatoms. The van der Waals surface area contributed by atoms with Crippen LogP contribution in [0.2, 0.25) is 0 Å². The standard InChI is InChI=1S/C28H23FN2O5S/c1-4-36-20-12-9-17(13-21(20)35-3)24-23(25(32)16-7-5-15(2)6-8-16)26(33)27(34)31(24)28-30-19-11-10-18(29)14-22(19)37-28/h5-14,24,32H,4H2,1-3H3. The zero-order valence-electron chi connectivity index (χ0n) is 20.3. The van der Waals surface area contributed by atoms with Crippen LogP contribution in [0.4, 0.5) is 9.52 Å². The lowest BCUT2D eigenvalue weighted by atomic mass is 9.95. The highest BCUT2D eigenvalue weighted by atomic mass is 32.1. The van der Waals surface area contributed by atoms with Crippen LogP contribution in [-0.2, 0) is 9.59 Å². The number of aliphatic hydroxyl groups excluding tert-OH is 1. The second-order valence-corrected chi connectivity index (χ2v) is 9.50. The summed E-state index contributed by atoms with van der Waals surface area (Å²) in [6.45, 7) is 4.18. The van der Waals surface area contributed by atoms with Gasteiger partial charge in [0.2, 0.25) is 0 Å². The lowest BCUT2D eigenvalue weighted by Gasteiger charge is -2.24. The van der Waals surface area contributed by atoms with Crippen LogP contribution in [0.25, 0.3) is 16.0 Å². The van der Waals surface area contributed by atoms with Crippen molar-refractivity contribution in [3.63, 3.8) is 0 Å². The van der Waals surface area contributed by atoms with E-state index >= 15 is 0 Å². The van der Waals surface area contributed by atoms with E-state index in [9.17, 15) is 19.1 Å². The highest BCUT2D eigenvalue weighted by Crippen LogP contribution is 2.45. The minimum Gasteiger partial charge on any atom is -0.507 e. The van der Waals surface area contributed by atoms with Crippen LogP contribution in [0.3, 0.4) is 0 Å². The van der Waals surface area contributed by atoms with E-state index < -0.39 is 23.5 Å². The summed E-state index contributed by atoms with van der Waals surface area (Å²) in [5.41, 5.74) is 2.30. The maximum Gasteiger partial charge on any atom is 0.301 e. The lowest BCUT2D eigenvalue weighted by molar-refractivity contribution is -0.132. The fourth-order valence-corrected chi connectivity index (χ4v) is 5.35. The molecule has 2 heterocycles. The monoisotopic (exact) mass is 518 g/mol. The molecule has 188 valence electrons. The van der Waals surface area contributed by atoms with Gasteiger partial charge in [0.1, 0.15) is 11.6 Å². The van der Waals surface area contributed by atoms with Crippen molar-refractivity contribution >= 4 is 44.1 Å². The summed E-state index contributed by atoms with van der Waals surface area (Å²) in [5.74, 6) is -1.51. The number of carbonyl (C=O) groups excluding carboxylic acids is 2. The van der Waals surface area contributed by atoms with Gasteiger partial charge in [0, 0.05) is 5.56 Å². The molecule has 0 radical (unpaired) electrons. The van der Waals surface area contributed by atoms with Gasteiger partial charge in [0.15, 0.2) is 16.6 Å². The first-order valence-corrected chi connectivity index (χ1v) is 12.4. The molecule has 1 N–H and O–H groups in total. The molecule has 37 heavy (non-hydrogen) atoms. The Morgan fingerprint density at radius 1 is 1.08 bits per heavy atom. The molecule has 1 aliphatic heterocycles. The van der Waals surface area contributed by atoms with Crippen molar-refractivity contribution in [2.24, 2.45) is 0 Å². The van der Waals surface area contributed by atoms with E-state index in [2.05, 4.69) is 4.98 Å². The summed E-state index contributed by atoms with van der Waals surface area (Å²) >= 11 is 1.09. The van der Waals surface area contributed by atoms with Crippen molar-refractivity contribution in [1.29, 1.82) is 0 Å². The summed E-state index contributed by atoms with van der Waals surface area (Å²) in [5, 5.41) is 11.5. The lowest BCUT2D eigenvalue weighted by Crippen LogP contribution is -2.29. The first-order valence-electron chi connectivity index (χ1n) is 11.6. The van der Waals surface area contributed by atoms with Crippen molar-refractivity contribution in [3.8, 4) is 11.5 Å². The topological polar surface area (TPSA) is 89.0 Å². The number of amides is 1. The van der Waals surface area contributed by atoms with Gasteiger partial charge in [-0.1, -0.05) is 47.2 Å². The van der Waals surface area contributed by atoms with Crippen molar-refractivity contribution in [3.05, 3.63) is 88.7 Å². The number of benzene rings is 3. The second kappa shape index (κ2) is 9.67. The molecular formula is C28H23FN2O5S. The third-order valence-electron chi connectivity index (χ3n) is 6.12. The fourth-order valence-electron chi connectivity index (χ4n) is 4.33. The highest BCUT2D eigenvalue weighted by molar-refractivity contribution is 7.22. The Labute approximate surface area is 216 Å². The quantitative estimate of drug-likeness (QED) is 0.198. The summed E-state index contributed by atoms with van der Waals surface area (Å²) in [6, 6.07) is 15.2. The van der Waals surface area contributed by atoms with E-state index in [1.54, 1.807) is 30.3 Å². The predicted octanol–water partition coefficient (Wildman–Crippen LogP) is 5.78. The van der Waals surface area contributed by atoms with Crippen LogP contribution in [-0.4, -0.2) is 35.5 Å². The molecule has 4 aromatic rings. The van der Waals surface area contributed by atoms with Crippen LogP contribution in [0.15, 0.2) is 66.2 Å². The zero-order valence-corrected chi connectivity index (χ0v) is 21.1. The Kier molecular flexibility index (Phi) is 6.39. The summed E-state index contributed by atoms with van der Waals surface area (Å²) in [4.78, 5) is 32.6. The van der Waals surface area contributed by atoms with Crippen LogP contribution in [0, 0.1) is 12.7 Å². The number of aliphatic hydroxyl groups is 1. The van der Waals surface area contributed by atoms with E-state index in [-0.39, 0.29) is 16.5 Å². The number of methoxy groups -OCH3 is 1. The molecule has 0 saturated carbocycles. The molecule has 1 amide bonds. The Balaban J connectivity index is 1.73. The van der Waals surface area contributed by atoms with Crippen molar-refractivity contribution in [1.82, 2.24) is 4.98 Å². The van der Waals surface area contributed by atoms with Crippen LogP contribution >= 0.6 is 11.3 Å². The van der Waals surface area contributed by atoms with E-state index in [4.69, 9.17) is 9.47 Å². The van der Waals surface area contributed by atoms with E-state index in [0.29, 0.717) is 39.4 Å². The number of hydrogen-bond acceptors (Lipinski definition) is 7. The molecule has 3 aromatic carbocycles. The molecule has 5 rings (SSSR count). The molecule has 1 saturated heterocycles. The molecule has 1 atom stereocenters.